The van der Waals surface area contributed by atoms with Gasteiger partial charge in [0.25, 0.3) is 0 Å². The van der Waals surface area contributed by atoms with Crippen molar-refractivity contribution in [2.45, 2.75) is 6.92 Å². The predicted molar refractivity (Wildman–Crippen MR) is 72.7 cm³/mol. The lowest BCUT2D eigenvalue weighted by Crippen LogP contribution is -1.97. The number of hydrogen-bond acceptors (Lipinski definition) is 4. The van der Waals surface area contributed by atoms with Gasteiger partial charge in [0, 0.05) is 25.0 Å². The smallest absolute Gasteiger partial charge is 0.123 e. The van der Waals surface area contributed by atoms with E-state index < -0.39 is 0 Å². The zero-order chi connectivity index (χ0) is 13.4. The molecule has 0 saturated heterocycles. The Balaban J connectivity index is 2.16. The Kier molecular flexibility index (Phi) is 2.56. The fourth-order valence-electron chi connectivity index (χ4n) is 2.13. The number of nitrogens with two attached hydrogens (primary N) is 1. The molecular formula is C13H14N6. The van der Waals surface area contributed by atoms with Crippen molar-refractivity contribution in [1.29, 1.82) is 0 Å². The molecular weight excluding hydrogens is 240 g/mol. The molecule has 0 fully saturated rings. The second-order valence-electron chi connectivity index (χ2n) is 4.39. The average Bonchev–Trinajstić information content (AvgIpc) is 2.95. The summed E-state index contributed by atoms with van der Waals surface area (Å²) >= 11 is 0. The Morgan fingerprint density at radius 3 is 2.84 bits per heavy atom. The number of imidazole rings is 1. The van der Waals surface area contributed by atoms with Crippen LogP contribution < -0.4 is 5.73 Å². The number of nitrogens with zero attached hydrogens (tertiary/aromatic N) is 5. The van der Waals surface area contributed by atoms with Gasteiger partial charge in [-0.1, -0.05) is 0 Å². The lowest BCUT2D eigenvalue weighted by atomic mass is 10.2. The van der Waals surface area contributed by atoms with Crippen LogP contribution in [0.25, 0.3) is 16.9 Å². The first-order valence-electron chi connectivity index (χ1n) is 5.90. The minimum absolute atomic E-state index is 0.494. The molecule has 19 heavy (non-hydrogen) atoms. The number of aryl methyl sites for hydroxylation is 2. The summed E-state index contributed by atoms with van der Waals surface area (Å²) in [6.45, 7) is 1.97. The van der Waals surface area contributed by atoms with Crippen LogP contribution >= 0.6 is 0 Å². The van der Waals surface area contributed by atoms with Crippen LogP contribution in [0, 0.1) is 6.92 Å². The molecule has 96 valence electrons. The predicted octanol–water partition coefficient (Wildman–Crippen LogP) is 1.56. The van der Waals surface area contributed by atoms with Crippen LogP contribution in [0.5, 0.6) is 0 Å². The van der Waals surface area contributed by atoms with Gasteiger partial charge in [0.15, 0.2) is 0 Å². The average molecular weight is 254 g/mol. The van der Waals surface area contributed by atoms with Crippen LogP contribution in [0.1, 0.15) is 5.69 Å². The van der Waals surface area contributed by atoms with Crippen molar-refractivity contribution in [2.75, 3.05) is 5.73 Å². The molecule has 2 N–H and O–H groups in total. The molecule has 0 aliphatic carbocycles. The molecule has 0 aromatic carbocycles. The monoisotopic (exact) mass is 254 g/mol. The summed E-state index contributed by atoms with van der Waals surface area (Å²) < 4.78 is 3.78. The lowest BCUT2D eigenvalue weighted by molar-refractivity contribution is 0.756. The van der Waals surface area contributed by atoms with Gasteiger partial charge in [0.2, 0.25) is 0 Å². The summed E-state index contributed by atoms with van der Waals surface area (Å²) in [5.41, 5.74) is 9.63. The standard InChI is InChI=1S/C13H14N6/c1-9-12(7-18(2)17-9)19-8-15-6-11(19)10-3-4-16-13(14)5-10/h3-8H,1-2H3,(H2,14,16). The lowest BCUT2D eigenvalue weighted by Gasteiger charge is -2.07. The van der Waals surface area contributed by atoms with Gasteiger partial charge in [-0.2, -0.15) is 5.10 Å². The van der Waals surface area contributed by atoms with Crippen LogP contribution in [-0.2, 0) is 7.05 Å². The van der Waals surface area contributed by atoms with Crippen molar-refractivity contribution < 1.29 is 0 Å². The van der Waals surface area contributed by atoms with E-state index in [2.05, 4.69) is 15.1 Å². The molecule has 3 aromatic rings. The fraction of sp³-hybridized carbons (Fsp3) is 0.154. The first-order valence-corrected chi connectivity index (χ1v) is 5.90. The molecule has 6 nitrogen and oxygen atoms in total. The zero-order valence-electron chi connectivity index (χ0n) is 10.8. The second kappa shape index (κ2) is 4.24. The van der Waals surface area contributed by atoms with Crippen LogP contribution in [0.3, 0.4) is 0 Å². The highest BCUT2D eigenvalue weighted by Crippen LogP contribution is 2.24. The maximum absolute atomic E-state index is 5.73. The van der Waals surface area contributed by atoms with Gasteiger partial charge in [-0.25, -0.2) is 9.97 Å². The highest BCUT2D eigenvalue weighted by molar-refractivity contribution is 5.64. The third kappa shape index (κ3) is 1.97. The van der Waals surface area contributed by atoms with Gasteiger partial charge in [0.1, 0.15) is 5.82 Å². The second-order valence-corrected chi connectivity index (χ2v) is 4.39. The number of nitrogen functional groups attached to an aromatic ring is 1. The van der Waals surface area contributed by atoms with Crippen molar-refractivity contribution in [3.8, 4) is 16.9 Å². The first-order chi connectivity index (χ1) is 9.15. The molecule has 3 rings (SSSR count). The van der Waals surface area contributed by atoms with Crippen molar-refractivity contribution in [1.82, 2.24) is 24.3 Å². The van der Waals surface area contributed by atoms with Crippen molar-refractivity contribution in [3.63, 3.8) is 0 Å². The van der Waals surface area contributed by atoms with E-state index in [1.807, 2.05) is 36.9 Å². The fourth-order valence-corrected chi connectivity index (χ4v) is 2.13. The SMILES string of the molecule is Cc1nn(C)cc1-n1cncc1-c1ccnc(N)c1. The van der Waals surface area contributed by atoms with E-state index in [0.717, 1.165) is 22.6 Å². The Bertz CT molecular complexity index is 724. The summed E-state index contributed by atoms with van der Waals surface area (Å²) in [7, 11) is 1.90. The molecule has 0 aliphatic heterocycles. The maximum Gasteiger partial charge on any atom is 0.123 e. The number of rotatable bonds is 2. The molecule has 0 aliphatic rings. The zero-order valence-corrected chi connectivity index (χ0v) is 10.8. The van der Waals surface area contributed by atoms with Crippen LogP contribution in [0.4, 0.5) is 5.82 Å². The van der Waals surface area contributed by atoms with E-state index in [1.165, 1.54) is 0 Å². The molecule has 0 radical (unpaired) electrons. The normalized spacial score (nSPS) is 10.8. The number of pyridine rings is 1. The molecule has 3 aromatic heterocycles. The Hall–Kier alpha value is -2.63. The minimum atomic E-state index is 0.494. The van der Waals surface area contributed by atoms with E-state index in [9.17, 15) is 0 Å². The summed E-state index contributed by atoms with van der Waals surface area (Å²) in [6, 6.07) is 3.74. The maximum atomic E-state index is 5.73. The van der Waals surface area contributed by atoms with E-state index in [1.54, 1.807) is 23.4 Å². The van der Waals surface area contributed by atoms with Gasteiger partial charge >= 0.3 is 0 Å². The summed E-state index contributed by atoms with van der Waals surface area (Å²) in [6.07, 6.45) is 7.24. The highest BCUT2D eigenvalue weighted by atomic mass is 15.3. The molecule has 0 atom stereocenters. The van der Waals surface area contributed by atoms with Crippen molar-refractivity contribution in [3.05, 3.63) is 42.7 Å². The van der Waals surface area contributed by atoms with E-state index in [0.29, 0.717) is 5.82 Å². The van der Waals surface area contributed by atoms with Gasteiger partial charge in [-0.3, -0.25) is 9.25 Å². The topological polar surface area (TPSA) is 74.5 Å². The van der Waals surface area contributed by atoms with E-state index in [-0.39, 0.29) is 0 Å². The van der Waals surface area contributed by atoms with Gasteiger partial charge in [-0.15, -0.1) is 0 Å². The Morgan fingerprint density at radius 2 is 2.16 bits per heavy atom. The van der Waals surface area contributed by atoms with Crippen molar-refractivity contribution in [2.24, 2.45) is 7.05 Å². The molecule has 0 bridgehead atoms. The molecule has 3 heterocycles. The summed E-state index contributed by atoms with van der Waals surface area (Å²) in [5, 5.41) is 4.35. The van der Waals surface area contributed by atoms with Crippen LogP contribution in [-0.4, -0.2) is 24.3 Å². The third-order valence-electron chi connectivity index (χ3n) is 2.96. The molecule has 6 heteroatoms. The number of anilines is 1. The molecule has 0 spiro atoms. The highest BCUT2D eigenvalue weighted by Gasteiger charge is 2.11. The van der Waals surface area contributed by atoms with Gasteiger partial charge in [0.05, 0.1) is 29.6 Å². The third-order valence-corrected chi connectivity index (χ3v) is 2.96. The summed E-state index contributed by atoms with van der Waals surface area (Å²) in [5.74, 6) is 0.494. The largest absolute Gasteiger partial charge is 0.384 e. The Labute approximate surface area is 110 Å². The number of aromatic nitrogens is 5. The van der Waals surface area contributed by atoms with Crippen LogP contribution in [0.2, 0.25) is 0 Å². The van der Waals surface area contributed by atoms with Crippen LogP contribution in [0.15, 0.2) is 37.1 Å². The molecule has 0 amide bonds. The minimum Gasteiger partial charge on any atom is -0.384 e. The first kappa shape index (κ1) is 11.5. The molecule has 0 saturated carbocycles. The summed E-state index contributed by atoms with van der Waals surface area (Å²) in [4.78, 5) is 8.23. The van der Waals surface area contributed by atoms with E-state index in [4.69, 9.17) is 5.73 Å². The van der Waals surface area contributed by atoms with Crippen molar-refractivity contribution >= 4 is 5.82 Å². The van der Waals surface area contributed by atoms with Gasteiger partial charge in [-0.05, 0) is 19.1 Å². The molecule has 0 unspecified atom stereocenters. The quantitative estimate of drug-likeness (QED) is 0.753. The van der Waals surface area contributed by atoms with E-state index >= 15 is 0 Å². The number of hydrogen-bond donors (Lipinski definition) is 1. The Morgan fingerprint density at radius 1 is 1.32 bits per heavy atom. The van der Waals surface area contributed by atoms with Gasteiger partial charge < -0.3 is 5.73 Å².